The van der Waals surface area contributed by atoms with E-state index in [0.717, 1.165) is 19.0 Å². The van der Waals surface area contributed by atoms with E-state index in [9.17, 15) is 0 Å². The number of nitrogens with zero attached hydrogens (tertiary/aromatic N) is 1. The van der Waals surface area contributed by atoms with E-state index in [2.05, 4.69) is 63.0 Å². The Morgan fingerprint density at radius 2 is 2.00 bits per heavy atom. The van der Waals surface area contributed by atoms with Crippen LogP contribution in [0.3, 0.4) is 0 Å². The van der Waals surface area contributed by atoms with Crippen LogP contribution in [0.4, 0.5) is 0 Å². The van der Waals surface area contributed by atoms with Gasteiger partial charge in [0.2, 0.25) is 0 Å². The SMILES string of the molecule is CCC1CNC(CC(C)C)CN1Cc1ccc(C)c(C)c1. The van der Waals surface area contributed by atoms with Gasteiger partial charge < -0.3 is 5.32 Å². The summed E-state index contributed by atoms with van der Waals surface area (Å²) in [6, 6.07) is 8.25. The number of nitrogens with one attached hydrogen (secondary N) is 1. The number of rotatable bonds is 5. The lowest BCUT2D eigenvalue weighted by Gasteiger charge is -2.41. The van der Waals surface area contributed by atoms with E-state index in [1.807, 2.05) is 0 Å². The Morgan fingerprint density at radius 3 is 2.62 bits per heavy atom. The normalized spacial score (nSPS) is 23.7. The van der Waals surface area contributed by atoms with E-state index >= 15 is 0 Å². The van der Waals surface area contributed by atoms with Gasteiger partial charge in [0, 0.05) is 31.7 Å². The summed E-state index contributed by atoms with van der Waals surface area (Å²) < 4.78 is 0. The first-order valence-electron chi connectivity index (χ1n) is 8.53. The molecule has 1 fully saturated rings. The van der Waals surface area contributed by atoms with E-state index in [0.29, 0.717) is 12.1 Å². The van der Waals surface area contributed by atoms with Crippen molar-refractivity contribution in [2.24, 2.45) is 5.92 Å². The quantitative estimate of drug-likeness (QED) is 0.884. The molecule has 1 aromatic rings. The third-order valence-electron chi connectivity index (χ3n) is 4.80. The van der Waals surface area contributed by atoms with Gasteiger partial charge in [0.15, 0.2) is 0 Å². The Balaban J connectivity index is 2.04. The van der Waals surface area contributed by atoms with Crippen molar-refractivity contribution >= 4 is 0 Å². The van der Waals surface area contributed by atoms with Gasteiger partial charge in [-0.15, -0.1) is 0 Å². The van der Waals surface area contributed by atoms with Crippen LogP contribution >= 0.6 is 0 Å². The molecule has 1 aliphatic rings. The van der Waals surface area contributed by atoms with Crippen LogP contribution in [0.5, 0.6) is 0 Å². The minimum absolute atomic E-state index is 0.652. The molecule has 1 N–H and O–H groups in total. The van der Waals surface area contributed by atoms with Gasteiger partial charge in [-0.25, -0.2) is 0 Å². The van der Waals surface area contributed by atoms with Crippen LogP contribution in [-0.2, 0) is 6.54 Å². The van der Waals surface area contributed by atoms with Crippen LogP contribution in [0.1, 0.15) is 50.3 Å². The van der Waals surface area contributed by atoms with Crippen molar-refractivity contribution in [1.29, 1.82) is 0 Å². The lowest BCUT2D eigenvalue weighted by molar-refractivity contribution is 0.111. The van der Waals surface area contributed by atoms with Gasteiger partial charge in [0.05, 0.1) is 0 Å². The summed E-state index contributed by atoms with van der Waals surface area (Å²) in [7, 11) is 0. The monoisotopic (exact) mass is 288 g/mol. The van der Waals surface area contributed by atoms with E-state index in [1.165, 1.54) is 36.1 Å². The maximum absolute atomic E-state index is 3.75. The van der Waals surface area contributed by atoms with Crippen LogP contribution in [0.2, 0.25) is 0 Å². The maximum Gasteiger partial charge on any atom is 0.0237 e. The average molecular weight is 288 g/mol. The fourth-order valence-electron chi connectivity index (χ4n) is 3.39. The zero-order valence-corrected chi connectivity index (χ0v) is 14.4. The molecular formula is C19H32N2. The highest BCUT2D eigenvalue weighted by atomic mass is 15.2. The number of aryl methyl sites for hydroxylation is 2. The second-order valence-electron chi connectivity index (χ2n) is 7.14. The molecule has 2 unspecified atom stereocenters. The van der Waals surface area contributed by atoms with Gasteiger partial charge in [-0.3, -0.25) is 4.90 Å². The van der Waals surface area contributed by atoms with Crippen LogP contribution in [-0.4, -0.2) is 30.1 Å². The van der Waals surface area contributed by atoms with Gasteiger partial charge >= 0.3 is 0 Å². The molecule has 0 amide bonds. The predicted molar refractivity (Wildman–Crippen MR) is 91.7 cm³/mol. The molecule has 118 valence electrons. The van der Waals surface area contributed by atoms with Gasteiger partial charge in [0.25, 0.3) is 0 Å². The van der Waals surface area contributed by atoms with E-state index in [1.54, 1.807) is 0 Å². The minimum atomic E-state index is 0.652. The van der Waals surface area contributed by atoms with Gasteiger partial charge in [-0.1, -0.05) is 39.0 Å². The van der Waals surface area contributed by atoms with Gasteiger partial charge in [-0.2, -0.15) is 0 Å². The zero-order chi connectivity index (χ0) is 15.4. The molecule has 1 saturated heterocycles. The Bertz CT molecular complexity index is 453. The fraction of sp³-hybridized carbons (Fsp3) is 0.684. The first-order valence-corrected chi connectivity index (χ1v) is 8.53. The summed E-state index contributed by atoms with van der Waals surface area (Å²) in [4.78, 5) is 2.69. The lowest BCUT2D eigenvalue weighted by atomic mass is 9.98. The third-order valence-corrected chi connectivity index (χ3v) is 4.80. The smallest absolute Gasteiger partial charge is 0.0237 e. The number of hydrogen-bond acceptors (Lipinski definition) is 2. The van der Waals surface area contributed by atoms with Crippen LogP contribution < -0.4 is 5.32 Å². The molecule has 0 spiro atoms. The highest BCUT2D eigenvalue weighted by Gasteiger charge is 2.26. The third kappa shape index (κ3) is 4.55. The molecule has 1 aromatic carbocycles. The molecular weight excluding hydrogens is 256 g/mol. The standard InChI is InChI=1S/C19H32N2/c1-6-19-11-20-18(9-14(2)3)13-21(19)12-17-8-7-15(4)16(5)10-17/h7-8,10,14,18-20H,6,9,11-13H2,1-5H3. The summed E-state index contributed by atoms with van der Waals surface area (Å²) in [5.41, 5.74) is 4.26. The number of benzene rings is 1. The van der Waals surface area contributed by atoms with Crippen molar-refractivity contribution in [3.05, 3.63) is 34.9 Å². The second-order valence-corrected chi connectivity index (χ2v) is 7.14. The topological polar surface area (TPSA) is 15.3 Å². The number of hydrogen-bond donors (Lipinski definition) is 1. The summed E-state index contributed by atoms with van der Waals surface area (Å²) >= 11 is 0. The Hall–Kier alpha value is -0.860. The highest BCUT2D eigenvalue weighted by molar-refractivity contribution is 5.29. The molecule has 2 atom stereocenters. The van der Waals surface area contributed by atoms with Crippen molar-refractivity contribution in [2.45, 2.75) is 66.1 Å². The van der Waals surface area contributed by atoms with Crippen LogP contribution in [0.15, 0.2) is 18.2 Å². The molecule has 2 nitrogen and oxygen atoms in total. The summed E-state index contributed by atoms with van der Waals surface area (Å²) in [6.45, 7) is 14.8. The maximum atomic E-state index is 3.75. The Labute approximate surface area is 130 Å². The van der Waals surface area contributed by atoms with Crippen molar-refractivity contribution in [3.63, 3.8) is 0 Å². The van der Waals surface area contributed by atoms with E-state index in [-0.39, 0.29) is 0 Å². The summed E-state index contributed by atoms with van der Waals surface area (Å²) in [6.07, 6.45) is 2.51. The first-order chi connectivity index (χ1) is 9.99. The average Bonchev–Trinajstić information content (AvgIpc) is 2.43. The molecule has 0 bridgehead atoms. The molecule has 0 radical (unpaired) electrons. The zero-order valence-electron chi connectivity index (χ0n) is 14.4. The Morgan fingerprint density at radius 1 is 1.24 bits per heavy atom. The van der Waals surface area contributed by atoms with Crippen molar-refractivity contribution < 1.29 is 0 Å². The largest absolute Gasteiger partial charge is 0.311 e. The summed E-state index contributed by atoms with van der Waals surface area (Å²) in [5, 5.41) is 3.75. The molecule has 1 heterocycles. The molecule has 0 saturated carbocycles. The fourth-order valence-corrected chi connectivity index (χ4v) is 3.39. The van der Waals surface area contributed by atoms with Crippen LogP contribution in [0.25, 0.3) is 0 Å². The molecule has 2 heteroatoms. The number of piperazine rings is 1. The molecule has 2 rings (SSSR count). The molecule has 21 heavy (non-hydrogen) atoms. The second kappa shape index (κ2) is 7.42. The van der Waals surface area contributed by atoms with Crippen molar-refractivity contribution in [3.8, 4) is 0 Å². The van der Waals surface area contributed by atoms with Gasteiger partial charge in [-0.05, 0) is 49.3 Å². The van der Waals surface area contributed by atoms with E-state index < -0.39 is 0 Å². The van der Waals surface area contributed by atoms with Crippen molar-refractivity contribution in [2.75, 3.05) is 13.1 Å². The van der Waals surface area contributed by atoms with Gasteiger partial charge in [0.1, 0.15) is 0 Å². The van der Waals surface area contributed by atoms with Crippen molar-refractivity contribution in [1.82, 2.24) is 10.2 Å². The molecule has 0 aliphatic carbocycles. The van der Waals surface area contributed by atoms with Crippen LogP contribution in [0, 0.1) is 19.8 Å². The summed E-state index contributed by atoms with van der Waals surface area (Å²) in [5.74, 6) is 0.768. The first kappa shape index (κ1) is 16.5. The van der Waals surface area contributed by atoms with E-state index in [4.69, 9.17) is 0 Å². The predicted octanol–water partition coefficient (Wildman–Crippen LogP) is 3.90. The Kier molecular flexibility index (Phi) is 5.83. The molecule has 1 aliphatic heterocycles. The lowest BCUT2D eigenvalue weighted by Crippen LogP contribution is -2.56. The molecule has 0 aromatic heterocycles. The highest BCUT2D eigenvalue weighted by Crippen LogP contribution is 2.19. The minimum Gasteiger partial charge on any atom is -0.311 e.